The van der Waals surface area contributed by atoms with Crippen LogP contribution >= 0.6 is 0 Å². The van der Waals surface area contributed by atoms with Crippen LogP contribution in [0.2, 0.25) is 0 Å². The number of ether oxygens (including phenoxy) is 3. The average Bonchev–Trinajstić information content (AvgIpc) is 2.83. The van der Waals surface area contributed by atoms with Gasteiger partial charge in [-0.3, -0.25) is 4.99 Å². The second-order valence-corrected chi connectivity index (χ2v) is 8.38. The zero-order valence-electron chi connectivity index (χ0n) is 19.7. The molecule has 178 valence electrons. The summed E-state index contributed by atoms with van der Waals surface area (Å²) in [7, 11) is 1.80. The van der Waals surface area contributed by atoms with Crippen LogP contribution in [0.5, 0.6) is 5.75 Å². The first-order chi connectivity index (χ1) is 15.6. The van der Waals surface area contributed by atoms with Crippen LogP contribution < -0.4 is 15.4 Å². The number of carbonyl (C=O) groups is 1. The van der Waals surface area contributed by atoms with E-state index < -0.39 is 0 Å². The Balaban J connectivity index is 1.57. The number of amides is 1. The van der Waals surface area contributed by atoms with Crippen molar-refractivity contribution >= 4 is 12.1 Å². The minimum Gasteiger partial charge on any atom is -0.494 e. The molecule has 3 rings (SSSR count). The summed E-state index contributed by atoms with van der Waals surface area (Å²) in [5.41, 5.74) is 1.29. The van der Waals surface area contributed by atoms with Gasteiger partial charge >= 0.3 is 6.09 Å². The molecular weight excluding hydrogens is 408 g/mol. The Kier molecular flexibility index (Phi) is 9.02. The molecule has 8 heteroatoms. The smallest absolute Gasteiger partial charge is 0.409 e. The third kappa shape index (κ3) is 6.28. The highest BCUT2D eigenvalue weighted by molar-refractivity contribution is 5.80. The lowest BCUT2D eigenvalue weighted by molar-refractivity contribution is 0.0513. The summed E-state index contributed by atoms with van der Waals surface area (Å²) in [5.74, 6) is 1.70. The van der Waals surface area contributed by atoms with Crippen molar-refractivity contribution in [1.82, 2.24) is 15.5 Å². The highest BCUT2D eigenvalue weighted by Crippen LogP contribution is 2.35. The van der Waals surface area contributed by atoms with Crippen molar-refractivity contribution in [1.29, 1.82) is 0 Å². The normalized spacial score (nSPS) is 19.3. The van der Waals surface area contributed by atoms with Crippen LogP contribution in [0.4, 0.5) is 4.79 Å². The molecule has 0 atom stereocenters. The minimum atomic E-state index is -0.217. The van der Waals surface area contributed by atoms with Crippen molar-refractivity contribution in [2.75, 3.05) is 53.1 Å². The highest BCUT2D eigenvalue weighted by Gasteiger charge is 2.35. The van der Waals surface area contributed by atoms with Crippen molar-refractivity contribution in [2.45, 2.75) is 51.0 Å². The molecule has 8 nitrogen and oxygen atoms in total. The van der Waals surface area contributed by atoms with E-state index in [1.807, 2.05) is 13.8 Å². The van der Waals surface area contributed by atoms with E-state index in [4.69, 9.17) is 14.2 Å². The fraction of sp³-hybridized carbons (Fsp3) is 0.667. The number of nitrogens with zero attached hydrogens (tertiary/aromatic N) is 2. The first kappa shape index (κ1) is 24.2. The molecule has 0 bridgehead atoms. The lowest BCUT2D eigenvalue weighted by Crippen LogP contribution is -2.52. The summed E-state index contributed by atoms with van der Waals surface area (Å²) in [6, 6.07) is 8.75. The number of rotatable bonds is 7. The molecule has 2 aliphatic rings. The number of nitrogens with one attached hydrogen (secondary N) is 2. The number of hydrogen-bond donors (Lipinski definition) is 2. The van der Waals surface area contributed by atoms with Crippen LogP contribution in [-0.4, -0.2) is 76.1 Å². The first-order valence-corrected chi connectivity index (χ1v) is 11.8. The van der Waals surface area contributed by atoms with E-state index in [0.717, 1.165) is 57.2 Å². The van der Waals surface area contributed by atoms with Crippen LogP contribution in [0.25, 0.3) is 0 Å². The zero-order valence-corrected chi connectivity index (χ0v) is 19.7. The quantitative estimate of drug-likeness (QED) is 0.495. The van der Waals surface area contributed by atoms with Gasteiger partial charge in [-0.2, -0.15) is 0 Å². The van der Waals surface area contributed by atoms with E-state index >= 15 is 0 Å². The van der Waals surface area contributed by atoms with Gasteiger partial charge in [-0.1, -0.05) is 12.1 Å². The van der Waals surface area contributed by atoms with E-state index in [2.05, 4.69) is 39.9 Å². The zero-order chi connectivity index (χ0) is 22.8. The Morgan fingerprint density at radius 3 is 2.44 bits per heavy atom. The third-order valence-corrected chi connectivity index (χ3v) is 6.41. The van der Waals surface area contributed by atoms with Gasteiger partial charge < -0.3 is 29.7 Å². The van der Waals surface area contributed by atoms with Gasteiger partial charge in [0.05, 0.1) is 13.2 Å². The summed E-state index contributed by atoms with van der Waals surface area (Å²) in [4.78, 5) is 18.1. The minimum absolute atomic E-state index is 0.00606. The van der Waals surface area contributed by atoms with Crippen LogP contribution in [0.1, 0.15) is 45.1 Å². The number of carbonyl (C=O) groups excluding carboxylic acids is 1. The number of likely N-dealkylation sites (tertiary alicyclic amines) is 1. The molecule has 0 saturated carbocycles. The summed E-state index contributed by atoms with van der Waals surface area (Å²) in [6.45, 7) is 8.60. The van der Waals surface area contributed by atoms with Gasteiger partial charge in [0.15, 0.2) is 5.96 Å². The van der Waals surface area contributed by atoms with Crippen molar-refractivity contribution < 1.29 is 19.0 Å². The Morgan fingerprint density at radius 1 is 1.16 bits per heavy atom. The second-order valence-electron chi connectivity index (χ2n) is 8.38. The van der Waals surface area contributed by atoms with Gasteiger partial charge in [0.2, 0.25) is 0 Å². The van der Waals surface area contributed by atoms with Crippen molar-refractivity contribution in [2.24, 2.45) is 4.99 Å². The second kappa shape index (κ2) is 11.9. The van der Waals surface area contributed by atoms with E-state index in [1.165, 1.54) is 5.56 Å². The van der Waals surface area contributed by atoms with Crippen LogP contribution in [0.3, 0.4) is 0 Å². The molecule has 2 aliphatic heterocycles. The lowest BCUT2D eigenvalue weighted by atomic mass is 9.74. The van der Waals surface area contributed by atoms with Crippen molar-refractivity contribution in [3.05, 3.63) is 29.8 Å². The maximum Gasteiger partial charge on any atom is 0.409 e. The van der Waals surface area contributed by atoms with E-state index in [9.17, 15) is 4.79 Å². The monoisotopic (exact) mass is 446 g/mol. The summed E-state index contributed by atoms with van der Waals surface area (Å²) < 4.78 is 16.4. The average molecular weight is 447 g/mol. The van der Waals surface area contributed by atoms with E-state index in [0.29, 0.717) is 26.3 Å². The molecule has 1 aromatic carbocycles. The summed E-state index contributed by atoms with van der Waals surface area (Å²) in [5, 5.41) is 7.11. The molecule has 1 aromatic rings. The van der Waals surface area contributed by atoms with Crippen molar-refractivity contribution in [3.8, 4) is 5.75 Å². The predicted octanol–water partition coefficient (Wildman–Crippen LogP) is 2.92. The Labute approximate surface area is 191 Å². The Bertz CT molecular complexity index is 739. The maximum atomic E-state index is 11.9. The molecule has 2 saturated heterocycles. The molecule has 2 fully saturated rings. The topological polar surface area (TPSA) is 84.4 Å². The fourth-order valence-electron chi connectivity index (χ4n) is 4.46. The van der Waals surface area contributed by atoms with E-state index in [-0.39, 0.29) is 17.6 Å². The number of piperidine rings is 1. The molecule has 2 N–H and O–H groups in total. The van der Waals surface area contributed by atoms with Gasteiger partial charge in [0, 0.05) is 51.4 Å². The van der Waals surface area contributed by atoms with Gasteiger partial charge in [-0.05, 0) is 57.2 Å². The molecule has 0 aromatic heterocycles. The maximum absolute atomic E-state index is 11.9. The van der Waals surface area contributed by atoms with E-state index in [1.54, 1.807) is 11.9 Å². The van der Waals surface area contributed by atoms with Gasteiger partial charge in [-0.25, -0.2) is 4.79 Å². The highest BCUT2D eigenvalue weighted by atomic mass is 16.6. The molecule has 0 radical (unpaired) electrons. The third-order valence-electron chi connectivity index (χ3n) is 6.41. The number of hydrogen-bond acceptors (Lipinski definition) is 5. The molecule has 2 heterocycles. The molecule has 0 unspecified atom stereocenters. The molecule has 0 spiro atoms. The number of guanidine groups is 1. The summed E-state index contributed by atoms with van der Waals surface area (Å²) in [6.07, 6.45) is 3.45. The number of aliphatic imine (C=N–C) groups is 1. The first-order valence-electron chi connectivity index (χ1n) is 11.8. The van der Waals surface area contributed by atoms with Gasteiger partial charge in [0.1, 0.15) is 5.75 Å². The SMILES string of the molecule is CCOC(=O)N1CCC(NC(=NC)NCC2(c3ccc(OCC)cc3)CCOCC2)CC1. The molecular formula is C24H38N4O4. The molecule has 32 heavy (non-hydrogen) atoms. The fourth-order valence-corrected chi connectivity index (χ4v) is 4.46. The van der Waals surface area contributed by atoms with Gasteiger partial charge in [-0.15, -0.1) is 0 Å². The standard InChI is InChI=1S/C24H38N4O4/c1-4-31-21-8-6-19(7-9-21)24(12-16-30-17-13-24)18-26-22(25-3)27-20-10-14-28(15-11-20)23(29)32-5-2/h6-9,20H,4-5,10-18H2,1-3H3,(H2,25,26,27). The Hall–Kier alpha value is -2.48. The predicted molar refractivity (Wildman–Crippen MR) is 125 cm³/mol. The Morgan fingerprint density at radius 2 is 1.84 bits per heavy atom. The molecule has 1 amide bonds. The summed E-state index contributed by atoms with van der Waals surface area (Å²) >= 11 is 0. The molecule has 0 aliphatic carbocycles. The number of benzene rings is 1. The van der Waals surface area contributed by atoms with Crippen LogP contribution in [-0.2, 0) is 14.9 Å². The van der Waals surface area contributed by atoms with Crippen molar-refractivity contribution in [3.63, 3.8) is 0 Å². The van der Waals surface area contributed by atoms with Crippen LogP contribution in [0, 0.1) is 0 Å². The van der Waals surface area contributed by atoms with Gasteiger partial charge in [0.25, 0.3) is 0 Å². The van der Waals surface area contributed by atoms with Crippen LogP contribution in [0.15, 0.2) is 29.3 Å². The lowest BCUT2D eigenvalue weighted by Gasteiger charge is -2.39. The largest absolute Gasteiger partial charge is 0.494 e.